The van der Waals surface area contributed by atoms with Gasteiger partial charge in [-0.05, 0) is 24.6 Å². The molecule has 7 heteroatoms. The number of hydrogen-bond acceptors (Lipinski definition) is 5. The Morgan fingerprint density at radius 1 is 1.39 bits per heavy atom. The minimum Gasteiger partial charge on any atom is -0.497 e. The second kappa shape index (κ2) is 6.12. The van der Waals surface area contributed by atoms with Crippen LogP contribution in [0.5, 0.6) is 5.75 Å². The van der Waals surface area contributed by atoms with Crippen LogP contribution in [-0.4, -0.2) is 35.1 Å². The van der Waals surface area contributed by atoms with Crippen LogP contribution in [0.4, 0.5) is 0 Å². The molecule has 1 aromatic heterocycles. The fourth-order valence-corrected chi connectivity index (χ4v) is 2.53. The molecule has 0 saturated carbocycles. The number of ether oxygens (including phenoxy) is 2. The number of nitrogens with zero attached hydrogens (tertiary/aromatic N) is 2. The number of carbonyl (C=O) groups excluding carboxylic acids is 2. The summed E-state index contributed by atoms with van der Waals surface area (Å²) >= 11 is 0. The van der Waals surface area contributed by atoms with Crippen molar-refractivity contribution in [3.63, 3.8) is 0 Å². The summed E-state index contributed by atoms with van der Waals surface area (Å²) < 4.78 is 11.7. The molecule has 3 rings (SSSR count). The molecule has 1 aromatic carbocycles. The van der Waals surface area contributed by atoms with E-state index < -0.39 is 5.97 Å². The zero-order valence-corrected chi connectivity index (χ0v) is 12.9. The molecule has 1 N–H and O–H groups in total. The van der Waals surface area contributed by atoms with Crippen molar-refractivity contribution in [1.29, 1.82) is 0 Å². The van der Waals surface area contributed by atoms with E-state index in [2.05, 4.69) is 10.3 Å². The van der Waals surface area contributed by atoms with Crippen molar-refractivity contribution in [1.82, 2.24) is 14.9 Å². The predicted octanol–water partition coefficient (Wildman–Crippen LogP) is 1.55. The summed E-state index contributed by atoms with van der Waals surface area (Å²) in [7, 11) is 1.60. The number of nitrogens with one attached hydrogen (secondary N) is 1. The van der Waals surface area contributed by atoms with Gasteiger partial charge in [0.15, 0.2) is 11.5 Å². The summed E-state index contributed by atoms with van der Waals surface area (Å²) in [6.45, 7) is 2.49. The second-order valence-electron chi connectivity index (χ2n) is 5.12. The first-order chi connectivity index (χ1) is 11.1. The number of imidazole rings is 1. The van der Waals surface area contributed by atoms with Crippen LogP contribution in [0.25, 0.3) is 0 Å². The summed E-state index contributed by atoms with van der Waals surface area (Å²) in [6, 6.07) is 7.30. The summed E-state index contributed by atoms with van der Waals surface area (Å²) in [6.07, 6.45) is 1.56. The Morgan fingerprint density at radius 2 is 2.13 bits per heavy atom. The third kappa shape index (κ3) is 2.90. The van der Waals surface area contributed by atoms with E-state index in [1.165, 1.54) is 0 Å². The maximum atomic E-state index is 12.2. The SMILES string of the molecule is CCOC(=O)c1cn2c(n1)C(=O)N[C@@H](c1ccc(OC)cc1)C2. The maximum Gasteiger partial charge on any atom is 0.358 e. The van der Waals surface area contributed by atoms with Crippen molar-refractivity contribution in [2.24, 2.45) is 0 Å². The average Bonchev–Trinajstić information content (AvgIpc) is 3.00. The van der Waals surface area contributed by atoms with E-state index in [-0.39, 0.29) is 30.1 Å². The molecule has 0 unspecified atom stereocenters. The largest absolute Gasteiger partial charge is 0.497 e. The normalized spacial score (nSPS) is 16.4. The lowest BCUT2D eigenvalue weighted by Crippen LogP contribution is -2.38. The van der Waals surface area contributed by atoms with Crippen molar-refractivity contribution in [3.8, 4) is 5.75 Å². The van der Waals surface area contributed by atoms with E-state index in [9.17, 15) is 9.59 Å². The molecule has 0 spiro atoms. The molecule has 1 amide bonds. The number of carbonyl (C=O) groups is 2. The molecule has 2 aromatic rings. The van der Waals surface area contributed by atoms with Gasteiger partial charge in [-0.25, -0.2) is 9.78 Å². The van der Waals surface area contributed by atoms with Crippen LogP contribution in [-0.2, 0) is 11.3 Å². The maximum absolute atomic E-state index is 12.2. The number of rotatable bonds is 4. The first kappa shape index (κ1) is 15.1. The third-order valence-corrected chi connectivity index (χ3v) is 3.67. The Bertz CT molecular complexity index is 736. The number of methoxy groups -OCH3 is 1. The number of esters is 1. The molecule has 0 saturated heterocycles. The van der Waals surface area contributed by atoms with Crippen molar-refractivity contribution in [3.05, 3.63) is 47.5 Å². The lowest BCUT2D eigenvalue weighted by atomic mass is 10.1. The van der Waals surface area contributed by atoms with Gasteiger partial charge in [0, 0.05) is 12.7 Å². The summed E-state index contributed by atoms with van der Waals surface area (Å²) in [4.78, 5) is 28.0. The fraction of sp³-hybridized carbons (Fsp3) is 0.312. The molecule has 2 heterocycles. The van der Waals surface area contributed by atoms with Crippen LogP contribution < -0.4 is 10.1 Å². The topological polar surface area (TPSA) is 82.5 Å². The molecular weight excluding hydrogens is 298 g/mol. The Hall–Kier alpha value is -2.83. The van der Waals surface area contributed by atoms with Crippen LogP contribution in [0, 0.1) is 0 Å². The number of fused-ring (bicyclic) bond motifs is 1. The highest BCUT2D eigenvalue weighted by Crippen LogP contribution is 2.23. The van der Waals surface area contributed by atoms with Gasteiger partial charge in [-0.3, -0.25) is 4.79 Å². The molecule has 0 bridgehead atoms. The molecule has 7 nitrogen and oxygen atoms in total. The molecule has 120 valence electrons. The molecular formula is C16H17N3O4. The van der Waals surface area contributed by atoms with Crippen LogP contribution in [0.15, 0.2) is 30.5 Å². The lowest BCUT2D eigenvalue weighted by molar-refractivity contribution is 0.0520. The molecule has 1 aliphatic heterocycles. The Labute approximate surface area is 133 Å². The van der Waals surface area contributed by atoms with Crippen LogP contribution in [0.3, 0.4) is 0 Å². The van der Waals surface area contributed by atoms with Gasteiger partial charge in [-0.1, -0.05) is 12.1 Å². The zero-order chi connectivity index (χ0) is 16.4. The van der Waals surface area contributed by atoms with E-state index >= 15 is 0 Å². The van der Waals surface area contributed by atoms with E-state index in [1.54, 1.807) is 24.8 Å². The smallest absolute Gasteiger partial charge is 0.358 e. The minimum atomic E-state index is -0.525. The number of amides is 1. The zero-order valence-electron chi connectivity index (χ0n) is 12.9. The molecule has 0 aliphatic carbocycles. The number of benzene rings is 1. The fourth-order valence-electron chi connectivity index (χ4n) is 2.53. The minimum absolute atomic E-state index is 0.146. The Kier molecular flexibility index (Phi) is 4.01. The monoisotopic (exact) mass is 315 g/mol. The Balaban J connectivity index is 1.84. The lowest BCUT2D eigenvalue weighted by Gasteiger charge is -2.25. The average molecular weight is 315 g/mol. The Morgan fingerprint density at radius 3 is 2.78 bits per heavy atom. The van der Waals surface area contributed by atoms with E-state index in [1.807, 2.05) is 24.3 Å². The van der Waals surface area contributed by atoms with E-state index in [0.29, 0.717) is 6.54 Å². The number of hydrogen-bond donors (Lipinski definition) is 1. The van der Waals surface area contributed by atoms with Gasteiger partial charge in [-0.15, -0.1) is 0 Å². The van der Waals surface area contributed by atoms with Gasteiger partial charge in [0.05, 0.1) is 19.8 Å². The standard InChI is InChI=1S/C16H17N3O4/c1-3-23-16(21)13-9-19-8-12(18-15(20)14(19)17-13)10-4-6-11(22-2)7-5-10/h4-7,9,12H,3,8H2,1-2H3,(H,18,20)/t12-/m1/s1. The van der Waals surface area contributed by atoms with Crippen LogP contribution >= 0.6 is 0 Å². The van der Waals surface area contributed by atoms with Crippen molar-refractivity contribution in [2.75, 3.05) is 13.7 Å². The molecule has 0 radical (unpaired) electrons. The van der Waals surface area contributed by atoms with Gasteiger partial charge < -0.3 is 19.4 Å². The molecule has 23 heavy (non-hydrogen) atoms. The highest BCUT2D eigenvalue weighted by atomic mass is 16.5. The first-order valence-electron chi connectivity index (χ1n) is 7.31. The van der Waals surface area contributed by atoms with Crippen molar-refractivity contribution < 1.29 is 19.1 Å². The highest BCUT2D eigenvalue weighted by molar-refractivity contribution is 5.94. The number of aromatic nitrogens is 2. The summed E-state index contributed by atoms with van der Waals surface area (Å²) in [5.41, 5.74) is 1.10. The predicted molar refractivity (Wildman–Crippen MR) is 81.4 cm³/mol. The van der Waals surface area contributed by atoms with E-state index in [0.717, 1.165) is 11.3 Å². The third-order valence-electron chi connectivity index (χ3n) is 3.67. The quantitative estimate of drug-likeness (QED) is 0.866. The van der Waals surface area contributed by atoms with E-state index in [4.69, 9.17) is 9.47 Å². The van der Waals surface area contributed by atoms with Crippen LogP contribution in [0.1, 0.15) is 39.6 Å². The molecule has 1 atom stereocenters. The van der Waals surface area contributed by atoms with Crippen molar-refractivity contribution in [2.45, 2.75) is 19.5 Å². The second-order valence-corrected chi connectivity index (χ2v) is 5.12. The van der Waals surface area contributed by atoms with Crippen LogP contribution in [0.2, 0.25) is 0 Å². The summed E-state index contributed by atoms with van der Waals surface area (Å²) in [5, 5.41) is 2.90. The van der Waals surface area contributed by atoms with Gasteiger partial charge in [0.2, 0.25) is 0 Å². The van der Waals surface area contributed by atoms with Gasteiger partial charge in [0.1, 0.15) is 5.75 Å². The molecule has 0 fully saturated rings. The highest BCUT2D eigenvalue weighted by Gasteiger charge is 2.29. The van der Waals surface area contributed by atoms with Gasteiger partial charge in [-0.2, -0.15) is 0 Å². The molecule has 1 aliphatic rings. The van der Waals surface area contributed by atoms with Gasteiger partial charge >= 0.3 is 5.97 Å². The van der Waals surface area contributed by atoms with Gasteiger partial charge in [0.25, 0.3) is 5.91 Å². The first-order valence-corrected chi connectivity index (χ1v) is 7.31. The summed E-state index contributed by atoms with van der Waals surface area (Å²) in [5.74, 6) is 0.137. The van der Waals surface area contributed by atoms with Crippen molar-refractivity contribution >= 4 is 11.9 Å².